The highest BCUT2D eigenvalue weighted by atomic mass is 16.5. The molecule has 2 N–H and O–H groups in total. The second-order valence-corrected chi connectivity index (χ2v) is 4.81. The molecule has 0 aromatic heterocycles. The third kappa shape index (κ3) is 4.46. The van der Waals surface area contributed by atoms with Crippen LogP contribution in [0.25, 0.3) is 0 Å². The van der Waals surface area contributed by atoms with Crippen LogP contribution in [-0.4, -0.2) is 17.6 Å². The van der Waals surface area contributed by atoms with Gasteiger partial charge in [0.15, 0.2) is 0 Å². The number of rotatable bonds is 8. The van der Waals surface area contributed by atoms with Crippen molar-refractivity contribution in [2.45, 2.75) is 12.6 Å². The highest BCUT2D eigenvalue weighted by Crippen LogP contribution is 2.20. The molecule has 0 fully saturated rings. The van der Waals surface area contributed by atoms with Gasteiger partial charge in [-0.25, -0.2) is 0 Å². The number of carboxylic acids is 1. The van der Waals surface area contributed by atoms with E-state index in [0.29, 0.717) is 24.5 Å². The van der Waals surface area contributed by atoms with Crippen LogP contribution < -0.4 is 10.1 Å². The van der Waals surface area contributed by atoms with Crippen molar-refractivity contribution in [2.24, 2.45) is 0 Å². The molecule has 22 heavy (non-hydrogen) atoms. The lowest BCUT2D eigenvalue weighted by Gasteiger charge is -2.15. The third-order valence-electron chi connectivity index (χ3n) is 3.15. The van der Waals surface area contributed by atoms with E-state index in [-0.39, 0.29) is 0 Å². The molecule has 0 spiro atoms. The fourth-order valence-corrected chi connectivity index (χ4v) is 2.07. The van der Waals surface area contributed by atoms with Crippen molar-refractivity contribution in [1.82, 2.24) is 5.32 Å². The van der Waals surface area contributed by atoms with Crippen molar-refractivity contribution in [2.75, 3.05) is 6.54 Å². The van der Waals surface area contributed by atoms with E-state index in [1.54, 1.807) is 24.3 Å². The van der Waals surface area contributed by atoms with Crippen LogP contribution in [-0.2, 0) is 11.4 Å². The summed E-state index contributed by atoms with van der Waals surface area (Å²) < 4.78 is 5.73. The van der Waals surface area contributed by atoms with Gasteiger partial charge < -0.3 is 9.84 Å². The first-order valence-electron chi connectivity index (χ1n) is 7.04. The van der Waals surface area contributed by atoms with Crippen molar-refractivity contribution in [3.8, 4) is 5.75 Å². The predicted molar refractivity (Wildman–Crippen MR) is 85.8 cm³/mol. The Balaban J connectivity index is 2.08. The molecule has 1 atom stereocenters. The quantitative estimate of drug-likeness (QED) is 0.735. The molecule has 0 amide bonds. The zero-order valence-corrected chi connectivity index (χ0v) is 12.2. The lowest BCUT2D eigenvalue weighted by atomic mass is 10.1. The number of carboxylic acid groups (broad SMARTS) is 1. The van der Waals surface area contributed by atoms with Crippen molar-refractivity contribution in [3.05, 3.63) is 78.4 Å². The molecule has 4 nitrogen and oxygen atoms in total. The number of ether oxygens (including phenoxy) is 1. The molecule has 0 saturated heterocycles. The van der Waals surface area contributed by atoms with Crippen LogP contribution in [0.15, 0.2) is 67.3 Å². The largest absolute Gasteiger partial charge is 0.489 e. The van der Waals surface area contributed by atoms with Gasteiger partial charge in [-0.2, -0.15) is 0 Å². The molecule has 0 radical (unpaired) electrons. The summed E-state index contributed by atoms with van der Waals surface area (Å²) in [4.78, 5) is 11.4. The number of aliphatic carboxylic acids is 1. The Hall–Kier alpha value is -2.59. The minimum absolute atomic E-state index is 0.423. The molecule has 0 aliphatic rings. The van der Waals surface area contributed by atoms with Crippen molar-refractivity contribution >= 4 is 5.97 Å². The summed E-state index contributed by atoms with van der Waals surface area (Å²) in [6, 6.07) is 16.2. The maximum Gasteiger partial charge on any atom is 0.325 e. The lowest BCUT2D eigenvalue weighted by Crippen LogP contribution is -2.28. The molecule has 0 saturated carbocycles. The Morgan fingerprint density at radius 1 is 1.23 bits per heavy atom. The van der Waals surface area contributed by atoms with Crippen LogP contribution in [0.3, 0.4) is 0 Å². The number of benzene rings is 2. The average molecular weight is 297 g/mol. The highest BCUT2D eigenvalue weighted by molar-refractivity contribution is 5.75. The minimum Gasteiger partial charge on any atom is -0.489 e. The molecular weight excluding hydrogens is 278 g/mol. The first-order chi connectivity index (χ1) is 10.7. The normalized spacial score (nSPS) is 11.6. The van der Waals surface area contributed by atoms with Crippen molar-refractivity contribution < 1.29 is 14.6 Å². The number of carbonyl (C=O) groups is 1. The van der Waals surface area contributed by atoms with E-state index < -0.39 is 12.0 Å². The maximum atomic E-state index is 11.4. The van der Waals surface area contributed by atoms with Crippen LogP contribution >= 0.6 is 0 Å². The summed E-state index contributed by atoms with van der Waals surface area (Å²) >= 11 is 0. The molecule has 0 heterocycles. The topological polar surface area (TPSA) is 58.6 Å². The maximum absolute atomic E-state index is 11.4. The zero-order chi connectivity index (χ0) is 15.8. The fraction of sp³-hybridized carbons (Fsp3) is 0.167. The van der Waals surface area contributed by atoms with Crippen LogP contribution in [0, 0.1) is 0 Å². The van der Waals surface area contributed by atoms with Gasteiger partial charge in [-0.15, -0.1) is 6.58 Å². The molecule has 0 aliphatic heterocycles. The van der Waals surface area contributed by atoms with Gasteiger partial charge in [-0.3, -0.25) is 10.1 Å². The lowest BCUT2D eigenvalue weighted by molar-refractivity contribution is -0.139. The van der Waals surface area contributed by atoms with Gasteiger partial charge in [-0.1, -0.05) is 48.5 Å². The summed E-state index contributed by atoms with van der Waals surface area (Å²) in [5.74, 6) is -0.282. The van der Waals surface area contributed by atoms with E-state index in [2.05, 4.69) is 11.9 Å². The molecule has 2 aromatic carbocycles. The van der Waals surface area contributed by atoms with Crippen molar-refractivity contribution in [3.63, 3.8) is 0 Å². The van der Waals surface area contributed by atoms with Gasteiger partial charge in [0.25, 0.3) is 0 Å². The molecular formula is C18H19NO3. The second-order valence-electron chi connectivity index (χ2n) is 4.81. The van der Waals surface area contributed by atoms with Crippen LogP contribution in [0.2, 0.25) is 0 Å². The summed E-state index contributed by atoms with van der Waals surface area (Å²) in [6.07, 6.45) is 1.63. The number of hydrogen-bond donors (Lipinski definition) is 2. The van der Waals surface area contributed by atoms with E-state index in [0.717, 1.165) is 5.56 Å². The number of nitrogens with one attached hydrogen (secondary N) is 1. The van der Waals surface area contributed by atoms with Gasteiger partial charge in [0.05, 0.1) is 0 Å². The third-order valence-corrected chi connectivity index (χ3v) is 3.15. The smallest absolute Gasteiger partial charge is 0.325 e. The van der Waals surface area contributed by atoms with E-state index in [4.69, 9.17) is 4.74 Å². The SMILES string of the molecule is C=CCNC(C(=O)O)c1cccc(OCc2ccccc2)c1. The fourth-order valence-electron chi connectivity index (χ4n) is 2.07. The first-order valence-corrected chi connectivity index (χ1v) is 7.04. The molecule has 2 rings (SSSR count). The van der Waals surface area contributed by atoms with Gasteiger partial charge in [0.1, 0.15) is 18.4 Å². The molecule has 1 unspecified atom stereocenters. The summed E-state index contributed by atoms with van der Waals surface area (Å²) in [5, 5.41) is 12.2. The van der Waals surface area contributed by atoms with E-state index in [9.17, 15) is 9.90 Å². The van der Waals surface area contributed by atoms with E-state index in [1.165, 1.54) is 0 Å². The second kappa shape index (κ2) is 8.00. The van der Waals surface area contributed by atoms with Crippen LogP contribution in [0.1, 0.15) is 17.2 Å². The minimum atomic E-state index is -0.929. The Kier molecular flexibility index (Phi) is 5.74. The molecule has 4 heteroatoms. The molecule has 0 bridgehead atoms. The first kappa shape index (κ1) is 15.8. The summed E-state index contributed by atoms with van der Waals surface area (Å²) in [7, 11) is 0. The zero-order valence-electron chi connectivity index (χ0n) is 12.2. The van der Waals surface area contributed by atoms with Gasteiger partial charge in [0.2, 0.25) is 0 Å². The molecule has 114 valence electrons. The van der Waals surface area contributed by atoms with E-state index in [1.807, 2.05) is 36.4 Å². The Morgan fingerprint density at radius 2 is 2.00 bits per heavy atom. The van der Waals surface area contributed by atoms with Crippen molar-refractivity contribution in [1.29, 1.82) is 0 Å². The van der Waals surface area contributed by atoms with Crippen LogP contribution in [0.5, 0.6) is 5.75 Å². The molecule has 2 aromatic rings. The van der Waals surface area contributed by atoms with Gasteiger partial charge >= 0.3 is 5.97 Å². The van der Waals surface area contributed by atoms with Gasteiger partial charge in [-0.05, 0) is 23.3 Å². The van der Waals surface area contributed by atoms with E-state index >= 15 is 0 Å². The predicted octanol–water partition coefficient (Wildman–Crippen LogP) is 3.17. The molecule has 0 aliphatic carbocycles. The Morgan fingerprint density at radius 3 is 2.68 bits per heavy atom. The Labute approximate surface area is 130 Å². The number of hydrogen-bond acceptors (Lipinski definition) is 3. The van der Waals surface area contributed by atoms with Gasteiger partial charge in [0, 0.05) is 6.54 Å². The standard InChI is InChI=1S/C18H19NO3/c1-2-11-19-17(18(20)21)15-9-6-10-16(12-15)22-13-14-7-4-3-5-8-14/h2-10,12,17,19H,1,11,13H2,(H,20,21). The monoisotopic (exact) mass is 297 g/mol. The summed E-state index contributed by atoms with van der Waals surface area (Å²) in [5.41, 5.74) is 1.72. The average Bonchev–Trinajstić information content (AvgIpc) is 2.54. The van der Waals surface area contributed by atoms with Crippen LogP contribution in [0.4, 0.5) is 0 Å². The highest BCUT2D eigenvalue weighted by Gasteiger charge is 2.18. The Bertz CT molecular complexity index is 625. The summed E-state index contributed by atoms with van der Waals surface area (Å²) in [6.45, 7) is 4.46.